The molecule has 0 spiro atoms. The molecule has 164 valence electrons. The van der Waals surface area contributed by atoms with Crippen molar-refractivity contribution in [2.75, 3.05) is 24.2 Å². The van der Waals surface area contributed by atoms with Crippen molar-refractivity contribution in [3.05, 3.63) is 59.7 Å². The summed E-state index contributed by atoms with van der Waals surface area (Å²) in [6.07, 6.45) is 3.44. The minimum Gasteiger partial charge on any atom is -0.496 e. The minimum absolute atomic E-state index is 0.167. The summed E-state index contributed by atoms with van der Waals surface area (Å²) in [7, 11) is -1.73. The summed E-state index contributed by atoms with van der Waals surface area (Å²) in [5, 5.41) is 7.32. The molecule has 1 fully saturated rings. The van der Waals surface area contributed by atoms with Gasteiger partial charge in [0.2, 0.25) is 10.0 Å². The van der Waals surface area contributed by atoms with Crippen LogP contribution in [0.4, 0.5) is 5.69 Å². The maximum absolute atomic E-state index is 12.3. The number of ether oxygens (including phenoxy) is 1. The molecule has 1 saturated heterocycles. The van der Waals surface area contributed by atoms with Crippen molar-refractivity contribution in [2.45, 2.75) is 51.4 Å². The minimum atomic E-state index is -3.37. The zero-order valence-corrected chi connectivity index (χ0v) is 19.1. The topological polar surface area (TPSA) is 70.7 Å². The molecule has 0 amide bonds. The number of sulfonamides is 1. The Labute approximate surface area is 180 Å². The fraction of sp³-hybridized carbons (Fsp3) is 0.478. The Bertz CT molecular complexity index is 932. The second-order valence-electron chi connectivity index (χ2n) is 8.12. The highest BCUT2D eigenvalue weighted by molar-refractivity contribution is 7.92. The van der Waals surface area contributed by atoms with Gasteiger partial charge in [0, 0.05) is 30.2 Å². The highest BCUT2D eigenvalue weighted by atomic mass is 32.2. The van der Waals surface area contributed by atoms with Gasteiger partial charge in [-0.25, -0.2) is 8.42 Å². The third kappa shape index (κ3) is 5.33. The first-order chi connectivity index (χ1) is 14.3. The van der Waals surface area contributed by atoms with Gasteiger partial charge in [-0.2, -0.15) is 0 Å². The molecule has 2 atom stereocenters. The highest BCUT2D eigenvalue weighted by Crippen LogP contribution is 2.29. The largest absolute Gasteiger partial charge is 0.496 e. The highest BCUT2D eigenvalue weighted by Gasteiger charge is 2.26. The molecule has 3 rings (SSSR count). The molecular weight excluding hydrogens is 398 g/mol. The van der Waals surface area contributed by atoms with Crippen LogP contribution in [0.25, 0.3) is 0 Å². The van der Waals surface area contributed by atoms with Gasteiger partial charge in [-0.3, -0.25) is 4.31 Å². The van der Waals surface area contributed by atoms with Crippen LogP contribution in [0.5, 0.6) is 5.75 Å². The molecular formula is C23H33N3O3S. The summed E-state index contributed by atoms with van der Waals surface area (Å²) >= 11 is 0. The average molecular weight is 432 g/mol. The first kappa shape index (κ1) is 22.6. The number of hydrogen-bond donors (Lipinski definition) is 2. The Morgan fingerprint density at radius 3 is 2.57 bits per heavy atom. The number of nitrogens with one attached hydrogen (secondary N) is 2. The van der Waals surface area contributed by atoms with E-state index in [1.807, 2.05) is 32.0 Å². The molecule has 0 radical (unpaired) electrons. The Morgan fingerprint density at radius 2 is 1.93 bits per heavy atom. The summed E-state index contributed by atoms with van der Waals surface area (Å²) in [5.74, 6) is 0.753. The molecule has 2 aromatic carbocycles. The molecule has 0 unspecified atom stereocenters. The lowest BCUT2D eigenvalue weighted by Crippen LogP contribution is -2.45. The zero-order valence-electron chi connectivity index (χ0n) is 18.3. The van der Waals surface area contributed by atoms with E-state index in [0.29, 0.717) is 12.2 Å². The SMILES string of the molecule is COc1ccc(N(C(C)C)S(C)(=O)=O)cc1CN[C@H]1CCCN[C@H]1c1ccccc1. The van der Waals surface area contributed by atoms with Gasteiger partial charge < -0.3 is 15.4 Å². The van der Waals surface area contributed by atoms with Crippen molar-refractivity contribution in [3.63, 3.8) is 0 Å². The van der Waals surface area contributed by atoms with Gasteiger partial charge in [0.05, 0.1) is 19.1 Å². The van der Waals surface area contributed by atoms with Crippen molar-refractivity contribution >= 4 is 15.7 Å². The van der Waals surface area contributed by atoms with Gasteiger partial charge in [0.1, 0.15) is 5.75 Å². The maximum Gasteiger partial charge on any atom is 0.232 e. The van der Waals surface area contributed by atoms with E-state index in [1.165, 1.54) is 16.1 Å². The van der Waals surface area contributed by atoms with Crippen LogP contribution < -0.4 is 19.7 Å². The predicted molar refractivity (Wildman–Crippen MR) is 123 cm³/mol. The van der Waals surface area contributed by atoms with Gasteiger partial charge in [-0.15, -0.1) is 0 Å². The molecule has 0 aromatic heterocycles. The van der Waals surface area contributed by atoms with E-state index in [9.17, 15) is 8.42 Å². The molecule has 0 bridgehead atoms. The second kappa shape index (κ2) is 9.81. The second-order valence-corrected chi connectivity index (χ2v) is 9.98. The number of nitrogens with zero attached hydrogens (tertiary/aromatic N) is 1. The first-order valence-corrected chi connectivity index (χ1v) is 12.3. The van der Waals surface area contributed by atoms with E-state index in [-0.39, 0.29) is 18.1 Å². The number of benzene rings is 2. The molecule has 0 aliphatic carbocycles. The lowest BCUT2D eigenvalue weighted by Gasteiger charge is -2.34. The molecule has 1 heterocycles. The molecule has 7 heteroatoms. The molecule has 1 aliphatic heterocycles. The Morgan fingerprint density at radius 1 is 1.20 bits per heavy atom. The van der Waals surface area contributed by atoms with Gasteiger partial charge >= 0.3 is 0 Å². The van der Waals surface area contributed by atoms with Crippen LogP contribution >= 0.6 is 0 Å². The van der Waals surface area contributed by atoms with Crippen LogP contribution in [0.1, 0.15) is 43.9 Å². The number of piperidine rings is 1. The van der Waals surface area contributed by atoms with Crippen molar-refractivity contribution in [1.29, 1.82) is 0 Å². The number of methoxy groups -OCH3 is 1. The Balaban J connectivity index is 1.83. The summed E-state index contributed by atoms with van der Waals surface area (Å²) in [6, 6.07) is 16.4. The lowest BCUT2D eigenvalue weighted by atomic mass is 9.92. The van der Waals surface area contributed by atoms with Crippen LogP contribution in [0.15, 0.2) is 48.5 Å². The fourth-order valence-electron chi connectivity index (χ4n) is 4.27. The molecule has 2 aromatic rings. The smallest absolute Gasteiger partial charge is 0.232 e. The van der Waals surface area contributed by atoms with Gasteiger partial charge in [-0.05, 0) is 57.0 Å². The van der Waals surface area contributed by atoms with Crippen LogP contribution in [0.2, 0.25) is 0 Å². The third-order valence-corrected chi connectivity index (χ3v) is 6.86. The molecule has 6 nitrogen and oxygen atoms in total. The average Bonchev–Trinajstić information content (AvgIpc) is 2.72. The summed E-state index contributed by atoms with van der Waals surface area (Å²) < 4.78 is 31.6. The fourth-order valence-corrected chi connectivity index (χ4v) is 5.54. The third-order valence-electron chi connectivity index (χ3n) is 5.52. The monoisotopic (exact) mass is 431 g/mol. The summed E-state index contributed by atoms with van der Waals surface area (Å²) in [5.41, 5.74) is 2.88. The van der Waals surface area contributed by atoms with E-state index < -0.39 is 10.0 Å². The molecule has 30 heavy (non-hydrogen) atoms. The van der Waals surface area contributed by atoms with E-state index >= 15 is 0 Å². The standard InChI is InChI=1S/C23H33N3O3S/c1-17(2)26(30(4,27)28)20-12-13-22(29-3)19(15-20)16-25-21-11-8-14-24-23(21)18-9-6-5-7-10-18/h5-7,9-10,12-13,15,17,21,23-25H,8,11,14,16H2,1-4H3/t21-,23-/m0/s1. The quantitative estimate of drug-likeness (QED) is 0.670. The van der Waals surface area contributed by atoms with Crippen LogP contribution in [-0.2, 0) is 16.6 Å². The summed E-state index contributed by atoms with van der Waals surface area (Å²) in [6.45, 7) is 5.36. The summed E-state index contributed by atoms with van der Waals surface area (Å²) in [4.78, 5) is 0. The van der Waals surface area contributed by atoms with Crippen molar-refractivity contribution in [2.24, 2.45) is 0 Å². The maximum atomic E-state index is 12.3. The van der Waals surface area contributed by atoms with Crippen LogP contribution in [0.3, 0.4) is 0 Å². The van der Waals surface area contributed by atoms with Gasteiger partial charge in [0.25, 0.3) is 0 Å². The normalized spacial score (nSPS) is 19.6. The van der Waals surface area contributed by atoms with E-state index in [2.05, 4.69) is 34.9 Å². The zero-order chi connectivity index (χ0) is 21.7. The predicted octanol–water partition coefficient (Wildman–Crippen LogP) is 3.45. The van der Waals surface area contributed by atoms with E-state index in [4.69, 9.17) is 4.74 Å². The number of hydrogen-bond acceptors (Lipinski definition) is 5. The van der Waals surface area contributed by atoms with Crippen molar-refractivity contribution < 1.29 is 13.2 Å². The molecule has 1 aliphatic rings. The van der Waals surface area contributed by atoms with Crippen LogP contribution in [-0.4, -0.2) is 40.4 Å². The lowest BCUT2D eigenvalue weighted by molar-refractivity contribution is 0.303. The van der Waals surface area contributed by atoms with Gasteiger partial charge in [-0.1, -0.05) is 30.3 Å². The van der Waals surface area contributed by atoms with E-state index in [0.717, 1.165) is 30.7 Å². The first-order valence-electron chi connectivity index (χ1n) is 10.5. The Hall–Kier alpha value is -2.09. The van der Waals surface area contributed by atoms with Gasteiger partial charge in [0.15, 0.2) is 0 Å². The van der Waals surface area contributed by atoms with Crippen molar-refractivity contribution in [1.82, 2.24) is 10.6 Å². The number of rotatable bonds is 8. The number of anilines is 1. The Kier molecular flexibility index (Phi) is 7.39. The molecule has 0 saturated carbocycles. The van der Waals surface area contributed by atoms with Crippen LogP contribution in [0, 0.1) is 0 Å². The van der Waals surface area contributed by atoms with Crippen molar-refractivity contribution in [3.8, 4) is 5.75 Å². The van der Waals surface area contributed by atoms with E-state index in [1.54, 1.807) is 13.2 Å². The molecule has 2 N–H and O–H groups in total.